The second kappa shape index (κ2) is 6.26. The Morgan fingerprint density at radius 2 is 2.14 bits per heavy atom. The van der Waals surface area contributed by atoms with E-state index in [2.05, 4.69) is 5.38 Å². The fourth-order valence-corrected chi connectivity index (χ4v) is 0.589. The molecule has 0 atom stereocenters. The molecule has 34 valence electrons. The minimum Gasteiger partial charge on any atom is -0.344 e. The third kappa shape index (κ3) is 4.10. The maximum atomic E-state index is 2.90. The molecule has 0 spiro atoms. The van der Waals surface area contributed by atoms with E-state index in [0.29, 0.717) is 0 Å². The van der Waals surface area contributed by atoms with Gasteiger partial charge in [0.15, 0.2) is 0 Å². The summed E-state index contributed by atoms with van der Waals surface area (Å²) < 4.78 is 0. The molecule has 0 amide bonds. The summed E-state index contributed by atoms with van der Waals surface area (Å²) in [6, 6.07) is 3.86. The number of hydrogen-bond acceptors (Lipinski definition) is 2. The Bertz CT molecular complexity index is 68.2. The van der Waals surface area contributed by atoms with Crippen molar-refractivity contribution in [3.63, 3.8) is 0 Å². The maximum absolute atomic E-state index is 2.90. The summed E-state index contributed by atoms with van der Waals surface area (Å²) in [6.45, 7) is 0. The van der Waals surface area contributed by atoms with Gasteiger partial charge in [0.1, 0.15) is 0 Å². The van der Waals surface area contributed by atoms with Crippen LogP contribution in [-0.2, 0) is 0 Å². The second-order valence-corrected chi connectivity index (χ2v) is 1.47. The van der Waals surface area contributed by atoms with E-state index in [-0.39, 0.29) is 25.0 Å². The van der Waals surface area contributed by atoms with Gasteiger partial charge in [-0.3, -0.25) is 0 Å². The van der Waals surface area contributed by atoms with Crippen molar-refractivity contribution >= 4 is 11.3 Å². The molecule has 1 nitrogen and oxygen atoms in total. The van der Waals surface area contributed by atoms with E-state index >= 15 is 0 Å². The van der Waals surface area contributed by atoms with Gasteiger partial charge in [0.25, 0.3) is 0 Å². The van der Waals surface area contributed by atoms with Crippen LogP contribution in [0.15, 0.2) is 17.5 Å². The van der Waals surface area contributed by atoms with E-state index < -0.39 is 0 Å². The van der Waals surface area contributed by atoms with Crippen molar-refractivity contribution in [1.29, 1.82) is 0 Å². The standard InChI is InChI=1S/C4H3S.Li.H3N/c1-2-4-5-3-1;;/h1-3H;;1H3/q-1;+1;. The van der Waals surface area contributed by atoms with Crippen LogP contribution in [0.2, 0.25) is 0 Å². The average Bonchev–Trinajstić information content (AvgIpc) is 1.76. The molecule has 1 heterocycles. The molecule has 0 bridgehead atoms. The molecule has 0 fully saturated rings. The third-order valence-corrected chi connectivity index (χ3v) is 0.944. The van der Waals surface area contributed by atoms with Crippen LogP contribution in [0.5, 0.6) is 0 Å². The number of hydrogen-bond donors (Lipinski definition) is 1. The van der Waals surface area contributed by atoms with Crippen LogP contribution in [0.3, 0.4) is 0 Å². The van der Waals surface area contributed by atoms with E-state index in [1.807, 2.05) is 17.5 Å². The van der Waals surface area contributed by atoms with Crippen LogP contribution in [0.1, 0.15) is 0 Å². The molecule has 0 saturated heterocycles. The molecule has 1 aromatic heterocycles. The fourth-order valence-electron chi connectivity index (χ4n) is 0.196. The topological polar surface area (TPSA) is 35.0 Å². The molecule has 1 rings (SSSR count). The first-order valence-corrected chi connectivity index (χ1v) is 2.27. The first-order valence-electron chi connectivity index (χ1n) is 1.40. The quantitative estimate of drug-likeness (QED) is 0.325. The van der Waals surface area contributed by atoms with Crippen LogP contribution < -0.4 is 25.0 Å². The van der Waals surface area contributed by atoms with Gasteiger partial charge < -0.3 is 17.5 Å². The zero-order valence-electron chi connectivity index (χ0n) is 4.35. The van der Waals surface area contributed by atoms with Gasteiger partial charge in [-0.15, -0.1) is 5.38 Å². The zero-order valence-corrected chi connectivity index (χ0v) is 5.16. The number of thiophene rings is 1. The van der Waals surface area contributed by atoms with Gasteiger partial charge in [-0.1, -0.05) is 0 Å². The molecule has 0 aliphatic carbocycles. The molecule has 0 aliphatic rings. The van der Waals surface area contributed by atoms with Crippen molar-refractivity contribution in [3.05, 3.63) is 22.9 Å². The van der Waals surface area contributed by atoms with Crippen molar-refractivity contribution in [3.8, 4) is 0 Å². The van der Waals surface area contributed by atoms with Crippen LogP contribution in [0.4, 0.5) is 0 Å². The monoisotopic (exact) mass is 107 g/mol. The van der Waals surface area contributed by atoms with E-state index in [9.17, 15) is 0 Å². The summed E-state index contributed by atoms with van der Waals surface area (Å²) in [7, 11) is 0. The van der Waals surface area contributed by atoms with E-state index in [1.54, 1.807) is 11.3 Å². The smallest absolute Gasteiger partial charge is 0.344 e. The minimum atomic E-state index is 0. The summed E-state index contributed by atoms with van der Waals surface area (Å²) in [4.78, 5) is 0. The van der Waals surface area contributed by atoms with Crippen molar-refractivity contribution in [2.45, 2.75) is 0 Å². The Morgan fingerprint density at radius 1 is 1.43 bits per heavy atom. The molecule has 0 radical (unpaired) electrons. The van der Waals surface area contributed by atoms with Crippen molar-refractivity contribution in [2.24, 2.45) is 0 Å². The van der Waals surface area contributed by atoms with Gasteiger partial charge in [-0.2, -0.15) is 11.4 Å². The van der Waals surface area contributed by atoms with Gasteiger partial charge in [-0.25, -0.2) is 6.07 Å². The first kappa shape index (κ1) is 10.3. The summed E-state index contributed by atoms with van der Waals surface area (Å²) in [5, 5.41) is 4.89. The maximum Gasteiger partial charge on any atom is 1.00 e. The van der Waals surface area contributed by atoms with E-state index in [0.717, 1.165) is 0 Å². The zero-order chi connectivity index (χ0) is 3.54. The van der Waals surface area contributed by atoms with Crippen LogP contribution in [-0.4, -0.2) is 0 Å². The fraction of sp³-hybridized carbons (Fsp3) is 0. The van der Waals surface area contributed by atoms with Crippen LogP contribution in [0.25, 0.3) is 0 Å². The summed E-state index contributed by atoms with van der Waals surface area (Å²) in [5.41, 5.74) is 0. The minimum absolute atomic E-state index is 0. The van der Waals surface area contributed by atoms with Crippen molar-refractivity contribution in [2.75, 3.05) is 0 Å². The molecule has 0 aromatic carbocycles. The Balaban J connectivity index is 0. The molecule has 3 heteroatoms. The third-order valence-electron chi connectivity index (χ3n) is 0.379. The largest absolute Gasteiger partial charge is 1.00 e. The van der Waals surface area contributed by atoms with Gasteiger partial charge in [-0.05, 0) is 0 Å². The Hall–Kier alpha value is 0.257. The summed E-state index contributed by atoms with van der Waals surface area (Å²) in [6.07, 6.45) is 0. The molecule has 0 saturated carbocycles. The average molecular weight is 107 g/mol. The molecule has 0 unspecified atom stereocenters. The molecule has 3 N–H and O–H groups in total. The SMILES string of the molecule is N.[Li+].[c-]1cccs1. The predicted octanol–water partition coefficient (Wildman–Crippen LogP) is -1.29. The molecular weight excluding hydrogens is 101 g/mol. The van der Waals surface area contributed by atoms with Gasteiger partial charge >= 0.3 is 18.9 Å². The number of rotatable bonds is 0. The van der Waals surface area contributed by atoms with E-state index in [1.165, 1.54) is 0 Å². The van der Waals surface area contributed by atoms with Crippen LogP contribution >= 0.6 is 11.3 Å². The van der Waals surface area contributed by atoms with Crippen molar-refractivity contribution in [1.82, 2.24) is 6.15 Å². The molecule has 7 heavy (non-hydrogen) atoms. The van der Waals surface area contributed by atoms with E-state index in [4.69, 9.17) is 0 Å². The molecular formula is C4H6LiNS. The first-order chi connectivity index (χ1) is 2.50. The summed E-state index contributed by atoms with van der Waals surface area (Å²) >= 11 is 1.59. The van der Waals surface area contributed by atoms with Crippen molar-refractivity contribution < 1.29 is 18.9 Å². The Labute approximate surface area is 59.5 Å². The molecule has 1 aromatic rings. The van der Waals surface area contributed by atoms with Gasteiger partial charge in [0.2, 0.25) is 0 Å². The molecule has 0 aliphatic heterocycles. The Morgan fingerprint density at radius 3 is 2.29 bits per heavy atom. The summed E-state index contributed by atoms with van der Waals surface area (Å²) in [5.74, 6) is 0. The normalized spacial score (nSPS) is 5.71. The van der Waals surface area contributed by atoms with Crippen LogP contribution in [0, 0.1) is 5.38 Å². The Kier molecular flexibility index (Phi) is 9.19. The second-order valence-electron chi connectivity index (χ2n) is 0.731. The van der Waals surface area contributed by atoms with Gasteiger partial charge in [0, 0.05) is 0 Å². The predicted molar refractivity (Wildman–Crippen MR) is 28.2 cm³/mol. The van der Waals surface area contributed by atoms with Gasteiger partial charge in [0.05, 0.1) is 0 Å².